The lowest BCUT2D eigenvalue weighted by atomic mass is 9.34. The van der Waals surface area contributed by atoms with Crippen LogP contribution in [-0.2, 0) is 10.8 Å². The Morgan fingerprint density at radius 3 is 1.48 bits per heavy atom. The van der Waals surface area contributed by atoms with Crippen LogP contribution in [-0.4, -0.2) is 11.3 Å². The molecule has 60 heavy (non-hydrogen) atoms. The number of aromatic nitrogens is 1. The van der Waals surface area contributed by atoms with Gasteiger partial charge in [0.1, 0.15) is 0 Å². The molecule has 8 aromatic rings. The van der Waals surface area contributed by atoms with Crippen molar-refractivity contribution in [2.45, 2.75) is 90.9 Å². The highest BCUT2D eigenvalue weighted by Crippen LogP contribution is 2.66. The molecule has 0 radical (unpaired) electrons. The summed E-state index contributed by atoms with van der Waals surface area (Å²) in [6, 6.07) is 56.4. The normalized spacial score (nSPS) is 21.9. The molecule has 4 fully saturated rings. The first-order valence-electron chi connectivity index (χ1n) is 22.5. The molecule has 1 aromatic heterocycles. The number of hydrogen-bond donors (Lipinski definition) is 0. The Labute approximate surface area is 357 Å². The fraction of sp³-hybridized carbons (Fsp3) is 0.276. The van der Waals surface area contributed by atoms with Gasteiger partial charge in [-0.3, -0.25) is 0 Å². The Hall–Kier alpha value is -5.60. The van der Waals surface area contributed by atoms with Crippen LogP contribution in [0.3, 0.4) is 0 Å². The van der Waals surface area contributed by atoms with Crippen molar-refractivity contribution in [2.75, 3.05) is 0 Å². The van der Waals surface area contributed by atoms with Crippen LogP contribution in [0.5, 0.6) is 0 Å². The summed E-state index contributed by atoms with van der Waals surface area (Å²) in [5.74, 6) is 1.69. The number of benzene rings is 7. The van der Waals surface area contributed by atoms with Crippen molar-refractivity contribution in [3.63, 3.8) is 0 Å². The quantitative estimate of drug-likeness (QED) is 0.142. The predicted octanol–water partition coefficient (Wildman–Crippen LogP) is 12.6. The summed E-state index contributed by atoms with van der Waals surface area (Å²) in [6.45, 7) is 13.8. The maximum absolute atomic E-state index is 2.53. The first-order valence-corrected chi connectivity index (χ1v) is 22.5. The molecule has 2 heteroatoms. The summed E-state index contributed by atoms with van der Waals surface area (Å²) in [5.41, 5.74) is 22.3. The molecule has 4 aliphatic rings. The van der Waals surface area contributed by atoms with Crippen LogP contribution in [0.25, 0.3) is 38.6 Å². The molecule has 0 saturated heterocycles. The van der Waals surface area contributed by atoms with E-state index in [1.165, 1.54) is 127 Å². The second-order valence-electron chi connectivity index (χ2n) is 19.7. The van der Waals surface area contributed by atoms with E-state index in [1.54, 1.807) is 11.1 Å². The highest BCUT2D eigenvalue weighted by molar-refractivity contribution is 6.96. The van der Waals surface area contributed by atoms with Gasteiger partial charge in [0.15, 0.2) is 0 Å². The van der Waals surface area contributed by atoms with Gasteiger partial charge in [0.25, 0.3) is 0 Å². The molecule has 4 bridgehead atoms. The molecule has 12 rings (SSSR count). The summed E-state index contributed by atoms with van der Waals surface area (Å²) in [4.78, 5) is 0. The minimum absolute atomic E-state index is 0.118. The summed E-state index contributed by atoms with van der Waals surface area (Å²) in [7, 11) is 0. The van der Waals surface area contributed by atoms with Gasteiger partial charge in [-0.05, 0) is 155 Å². The molecule has 0 aliphatic heterocycles. The molecule has 4 saturated carbocycles. The van der Waals surface area contributed by atoms with Crippen LogP contribution in [0.1, 0.15) is 83.0 Å². The zero-order valence-corrected chi connectivity index (χ0v) is 36.3. The van der Waals surface area contributed by atoms with Crippen molar-refractivity contribution in [3.05, 3.63) is 190 Å². The topological polar surface area (TPSA) is 4.93 Å². The SMILES string of the molecule is Cc1cc(C)c(B(c2ccc3c(c2)c2cc(-c4ccc(C56CC7CC(CC(c8ccccc8)(C7)C5)C6)cc4)ccc2n3-c2ccccc2)c2c(C)cc(C)cc2C)c(C)c1. The van der Waals surface area contributed by atoms with Gasteiger partial charge in [0.05, 0.1) is 11.0 Å². The number of rotatable bonds is 7. The van der Waals surface area contributed by atoms with Gasteiger partial charge in [-0.1, -0.05) is 165 Å². The van der Waals surface area contributed by atoms with E-state index in [0.29, 0.717) is 10.8 Å². The van der Waals surface area contributed by atoms with Crippen molar-refractivity contribution in [1.82, 2.24) is 4.57 Å². The van der Waals surface area contributed by atoms with Crippen LogP contribution in [0.4, 0.5) is 0 Å². The van der Waals surface area contributed by atoms with Gasteiger partial charge in [0.2, 0.25) is 6.71 Å². The van der Waals surface area contributed by atoms with Crippen LogP contribution in [0.15, 0.2) is 146 Å². The lowest BCUT2D eigenvalue weighted by molar-refractivity contribution is -0.0281. The lowest BCUT2D eigenvalue weighted by Gasteiger charge is -2.62. The molecule has 0 N–H and O–H groups in total. The van der Waals surface area contributed by atoms with E-state index in [4.69, 9.17) is 0 Å². The molecular weight excluding hydrogens is 721 g/mol. The number of aryl methyl sites for hydroxylation is 6. The largest absolute Gasteiger partial charge is 0.309 e. The van der Waals surface area contributed by atoms with E-state index in [9.17, 15) is 0 Å². The maximum atomic E-state index is 2.53. The Kier molecular flexibility index (Phi) is 8.72. The van der Waals surface area contributed by atoms with Crippen molar-refractivity contribution in [3.8, 4) is 16.8 Å². The number of nitrogens with zero attached hydrogens (tertiary/aromatic N) is 1. The third-order valence-corrected chi connectivity index (χ3v) is 15.5. The summed E-state index contributed by atoms with van der Waals surface area (Å²) < 4.78 is 2.47. The minimum atomic E-state index is 0.118. The fourth-order valence-electron chi connectivity index (χ4n) is 13.8. The van der Waals surface area contributed by atoms with E-state index in [1.807, 2.05) is 0 Å². The number of hydrogen-bond acceptors (Lipinski definition) is 0. The van der Waals surface area contributed by atoms with Gasteiger partial charge in [-0.2, -0.15) is 0 Å². The van der Waals surface area contributed by atoms with Crippen LogP contribution >= 0.6 is 0 Å². The molecule has 0 amide bonds. The Balaban J connectivity index is 1.05. The number of para-hydroxylation sites is 1. The lowest BCUT2D eigenvalue weighted by Crippen LogP contribution is -2.55. The van der Waals surface area contributed by atoms with Gasteiger partial charge >= 0.3 is 0 Å². The van der Waals surface area contributed by atoms with E-state index in [-0.39, 0.29) is 6.71 Å². The average molecular weight is 778 g/mol. The smallest absolute Gasteiger partial charge is 0.242 e. The van der Waals surface area contributed by atoms with Gasteiger partial charge in [-0.15, -0.1) is 0 Å². The van der Waals surface area contributed by atoms with E-state index >= 15 is 0 Å². The highest BCUT2D eigenvalue weighted by atomic mass is 15.0. The molecule has 7 aromatic carbocycles. The van der Waals surface area contributed by atoms with Crippen LogP contribution < -0.4 is 16.4 Å². The minimum Gasteiger partial charge on any atom is -0.309 e. The van der Waals surface area contributed by atoms with Crippen molar-refractivity contribution < 1.29 is 0 Å². The van der Waals surface area contributed by atoms with E-state index in [0.717, 1.165) is 11.8 Å². The maximum Gasteiger partial charge on any atom is 0.242 e. The monoisotopic (exact) mass is 777 g/mol. The first-order chi connectivity index (χ1) is 29.1. The molecular formula is C58H56BN. The zero-order chi connectivity index (χ0) is 40.9. The van der Waals surface area contributed by atoms with Crippen LogP contribution in [0.2, 0.25) is 0 Å². The second kappa shape index (κ2) is 14.0. The molecule has 2 unspecified atom stereocenters. The fourth-order valence-corrected chi connectivity index (χ4v) is 13.8. The molecule has 296 valence electrons. The average Bonchev–Trinajstić information content (AvgIpc) is 3.56. The third kappa shape index (κ3) is 5.96. The Morgan fingerprint density at radius 2 is 0.933 bits per heavy atom. The van der Waals surface area contributed by atoms with Crippen molar-refractivity contribution in [1.29, 1.82) is 0 Å². The molecule has 1 heterocycles. The predicted molar refractivity (Wildman–Crippen MR) is 257 cm³/mol. The third-order valence-electron chi connectivity index (χ3n) is 15.5. The van der Waals surface area contributed by atoms with Gasteiger partial charge in [0, 0.05) is 16.5 Å². The molecule has 2 atom stereocenters. The first kappa shape index (κ1) is 37.4. The van der Waals surface area contributed by atoms with Gasteiger partial charge < -0.3 is 4.57 Å². The highest BCUT2D eigenvalue weighted by Gasteiger charge is 2.58. The second-order valence-corrected chi connectivity index (χ2v) is 19.7. The standard InChI is InChI=1S/C58H56BN/c1-37-25-39(3)55(40(4)26-37)59(56-41(5)27-38(2)28-42(56)6)49-22-24-54-52(31-49)51-30-46(19-23-53(51)60(54)50-15-11-8-12-16-50)45-17-20-48(21-18-45)58-34-43-29-44(35-58)33-57(32-43,36-58)47-13-9-7-10-14-47/h7-28,30-31,43-44H,29,32-36H2,1-6H3. The van der Waals surface area contributed by atoms with Crippen molar-refractivity contribution in [2.24, 2.45) is 11.8 Å². The Bertz CT molecular complexity index is 2830. The zero-order valence-electron chi connectivity index (χ0n) is 36.3. The summed E-state index contributed by atoms with van der Waals surface area (Å²) >= 11 is 0. The molecule has 0 spiro atoms. The molecule has 1 nitrogen and oxygen atoms in total. The van der Waals surface area contributed by atoms with E-state index < -0.39 is 0 Å². The molecule has 4 aliphatic carbocycles. The summed E-state index contributed by atoms with van der Waals surface area (Å²) in [5, 5.41) is 2.61. The van der Waals surface area contributed by atoms with E-state index in [2.05, 4.69) is 192 Å². The Morgan fingerprint density at radius 1 is 0.467 bits per heavy atom. The van der Waals surface area contributed by atoms with Crippen LogP contribution in [0, 0.1) is 53.4 Å². The summed E-state index contributed by atoms with van der Waals surface area (Å²) in [6.07, 6.45) is 8.20. The van der Waals surface area contributed by atoms with Crippen molar-refractivity contribution >= 4 is 44.9 Å². The number of fused-ring (bicyclic) bond motifs is 3. The van der Waals surface area contributed by atoms with Gasteiger partial charge in [-0.25, -0.2) is 0 Å².